The molecule has 0 aliphatic rings. The Balaban J connectivity index is 1.50. The predicted octanol–water partition coefficient (Wildman–Crippen LogP) is 2.52. The van der Waals surface area contributed by atoms with E-state index in [4.69, 9.17) is 0 Å². The van der Waals surface area contributed by atoms with E-state index >= 15 is 0 Å². The topological polar surface area (TPSA) is 102 Å². The molecular weight excluding hydrogens is 421 g/mol. The van der Waals surface area contributed by atoms with Gasteiger partial charge in [0.2, 0.25) is 10.0 Å². The monoisotopic (exact) mass is 440 g/mol. The molecule has 3 aromatic rings. The zero-order chi connectivity index (χ0) is 21.8. The van der Waals surface area contributed by atoms with E-state index in [1.165, 1.54) is 6.33 Å². The van der Waals surface area contributed by atoms with Gasteiger partial charge in [0.1, 0.15) is 12.1 Å². The van der Waals surface area contributed by atoms with Crippen molar-refractivity contribution < 1.29 is 21.6 Å². The molecule has 0 spiro atoms. The quantitative estimate of drug-likeness (QED) is 0.522. The summed E-state index contributed by atoms with van der Waals surface area (Å²) in [4.78, 5) is 8.20. The van der Waals surface area contributed by atoms with Crippen molar-refractivity contribution in [1.82, 2.24) is 24.5 Å². The minimum Gasteiger partial charge on any atom is -0.369 e. The summed E-state index contributed by atoms with van der Waals surface area (Å²) in [7, 11) is -3.70. The fraction of sp³-hybridized carbons (Fsp3) is 0.278. The minimum absolute atomic E-state index is 0.0726. The van der Waals surface area contributed by atoms with E-state index in [1.54, 1.807) is 16.9 Å². The number of rotatable bonds is 8. The van der Waals surface area contributed by atoms with Crippen LogP contribution >= 0.6 is 0 Å². The third kappa shape index (κ3) is 6.00. The van der Waals surface area contributed by atoms with Gasteiger partial charge in [-0.25, -0.2) is 27.8 Å². The molecule has 0 fully saturated rings. The number of aromatic nitrogens is 4. The summed E-state index contributed by atoms with van der Waals surface area (Å²) in [6, 6.07) is 7.53. The summed E-state index contributed by atoms with van der Waals surface area (Å²) >= 11 is 0. The van der Waals surface area contributed by atoms with Gasteiger partial charge in [-0.3, -0.25) is 0 Å². The van der Waals surface area contributed by atoms with E-state index in [-0.39, 0.29) is 18.7 Å². The smallest absolute Gasteiger partial charge is 0.369 e. The maximum atomic E-state index is 12.6. The summed E-state index contributed by atoms with van der Waals surface area (Å²) in [6.07, 6.45) is -1.33. The van der Waals surface area contributed by atoms with E-state index in [0.29, 0.717) is 11.6 Å². The van der Waals surface area contributed by atoms with Crippen LogP contribution < -0.4 is 10.0 Å². The van der Waals surface area contributed by atoms with Gasteiger partial charge < -0.3 is 5.32 Å². The highest BCUT2D eigenvalue weighted by molar-refractivity contribution is 7.88. The van der Waals surface area contributed by atoms with E-state index in [9.17, 15) is 21.6 Å². The Morgan fingerprint density at radius 3 is 2.43 bits per heavy atom. The van der Waals surface area contributed by atoms with E-state index in [0.717, 1.165) is 30.0 Å². The van der Waals surface area contributed by atoms with Crippen LogP contribution in [0.3, 0.4) is 0 Å². The largest absolute Gasteiger partial charge is 0.416 e. The first kappa shape index (κ1) is 21.7. The number of alkyl halides is 3. The maximum absolute atomic E-state index is 12.6. The fourth-order valence-corrected chi connectivity index (χ4v) is 3.72. The lowest BCUT2D eigenvalue weighted by molar-refractivity contribution is -0.137. The number of sulfonamides is 1. The number of anilines is 1. The van der Waals surface area contributed by atoms with Crippen LogP contribution in [-0.4, -0.2) is 41.3 Å². The highest BCUT2D eigenvalue weighted by Gasteiger charge is 2.30. The normalized spacial score (nSPS) is 12.1. The molecule has 0 radical (unpaired) electrons. The second kappa shape index (κ2) is 8.79. The third-order valence-electron chi connectivity index (χ3n) is 4.00. The lowest BCUT2D eigenvalue weighted by Crippen LogP contribution is -2.30. The highest BCUT2D eigenvalue weighted by Crippen LogP contribution is 2.29. The lowest BCUT2D eigenvalue weighted by Gasteiger charge is -2.10. The van der Waals surface area contributed by atoms with Crippen molar-refractivity contribution in [3.63, 3.8) is 0 Å². The molecule has 0 unspecified atom stereocenters. The fourth-order valence-electron chi connectivity index (χ4n) is 2.57. The summed E-state index contributed by atoms with van der Waals surface area (Å²) in [5.41, 5.74) is 0.277. The van der Waals surface area contributed by atoms with Gasteiger partial charge >= 0.3 is 6.18 Å². The molecule has 0 saturated carbocycles. The molecule has 0 bridgehead atoms. The van der Waals surface area contributed by atoms with E-state index in [1.807, 2.05) is 13.0 Å². The second-order valence-corrected chi connectivity index (χ2v) is 8.24. The van der Waals surface area contributed by atoms with Gasteiger partial charge in [-0.2, -0.15) is 18.3 Å². The molecule has 0 atom stereocenters. The standard InChI is InChI=1S/C18H19F3N6O2S/c1-13-6-9-27(26-13)17-10-16(23-12-24-17)22-7-8-25-30(28,29)11-14-2-4-15(5-3-14)18(19,20)21/h2-6,9-10,12,25H,7-8,11H2,1H3,(H,22,23,24). The minimum atomic E-state index is -4.46. The number of hydrogen-bond acceptors (Lipinski definition) is 6. The van der Waals surface area contributed by atoms with Crippen LogP contribution in [0.1, 0.15) is 16.8 Å². The zero-order valence-corrected chi connectivity index (χ0v) is 16.7. The summed E-state index contributed by atoms with van der Waals surface area (Å²) < 4.78 is 66.0. The van der Waals surface area contributed by atoms with E-state index < -0.39 is 27.5 Å². The van der Waals surface area contributed by atoms with Crippen LogP contribution in [0.15, 0.2) is 48.9 Å². The molecule has 8 nitrogen and oxygen atoms in total. The molecule has 0 amide bonds. The van der Waals surface area contributed by atoms with E-state index in [2.05, 4.69) is 25.1 Å². The van der Waals surface area contributed by atoms with Crippen LogP contribution in [0.5, 0.6) is 0 Å². The molecule has 1 aromatic carbocycles. The number of nitrogens with one attached hydrogen (secondary N) is 2. The molecular formula is C18H19F3N6O2S. The average molecular weight is 440 g/mol. The van der Waals surface area contributed by atoms with Gasteiger partial charge in [0.05, 0.1) is 17.0 Å². The molecule has 2 N–H and O–H groups in total. The van der Waals surface area contributed by atoms with Gasteiger partial charge in [-0.1, -0.05) is 12.1 Å². The Kier molecular flexibility index (Phi) is 6.37. The molecule has 2 heterocycles. The maximum Gasteiger partial charge on any atom is 0.416 e. The van der Waals surface area contributed by atoms with Crippen molar-refractivity contribution in [2.24, 2.45) is 0 Å². The predicted molar refractivity (Wildman–Crippen MR) is 104 cm³/mol. The SMILES string of the molecule is Cc1ccn(-c2cc(NCCNS(=O)(=O)Cc3ccc(C(F)(F)F)cc3)ncn2)n1. The molecule has 0 aliphatic heterocycles. The van der Waals surface area contributed by atoms with Crippen LogP contribution in [0.2, 0.25) is 0 Å². The Morgan fingerprint density at radius 2 is 1.80 bits per heavy atom. The van der Waals surface area contributed by atoms with Crippen LogP contribution in [0.25, 0.3) is 5.82 Å². The first-order valence-electron chi connectivity index (χ1n) is 8.84. The first-order valence-corrected chi connectivity index (χ1v) is 10.5. The number of nitrogens with zero attached hydrogens (tertiary/aromatic N) is 4. The van der Waals surface area contributed by atoms with Crippen molar-refractivity contribution >= 4 is 15.8 Å². The highest BCUT2D eigenvalue weighted by atomic mass is 32.2. The van der Waals surface area contributed by atoms with Gasteiger partial charge in [0.25, 0.3) is 0 Å². The van der Waals surface area contributed by atoms with Crippen LogP contribution in [0, 0.1) is 6.92 Å². The summed E-state index contributed by atoms with van der Waals surface area (Å²) in [6.45, 7) is 2.18. The van der Waals surface area contributed by atoms with Crippen molar-refractivity contribution in [3.05, 3.63) is 65.7 Å². The van der Waals surface area contributed by atoms with Crippen molar-refractivity contribution in [1.29, 1.82) is 0 Å². The van der Waals surface area contributed by atoms with Gasteiger partial charge in [0, 0.05) is 25.4 Å². The first-order chi connectivity index (χ1) is 14.1. The Morgan fingerprint density at radius 1 is 1.07 bits per heavy atom. The molecule has 160 valence electrons. The number of hydrogen-bond donors (Lipinski definition) is 2. The summed E-state index contributed by atoms with van der Waals surface area (Å²) in [5.74, 6) is 0.639. The molecule has 0 aliphatic carbocycles. The van der Waals surface area contributed by atoms with Crippen LogP contribution in [-0.2, 0) is 22.0 Å². The molecule has 0 saturated heterocycles. The van der Waals surface area contributed by atoms with Crippen LogP contribution in [0.4, 0.5) is 19.0 Å². The molecule has 30 heavy (non-hydrogen) atoms. The number of aryl methyl sites for hydroxylation is 1. The van der Waals surface area contributed by atoms with Crippen molar-refractivity contribution in [2.45, 2.75) is 18.9 Å². The van der Waals surface area contributed by atoms with Gasteiger partial charge in [0.15, 0.2) is 5.82 Å². The van der Waals surface area contributed by atoms with Gasteiger partial charge in [-0.15, -0.1) is 0 Å². The Bertz CT molecular complexity index is 1100. The molecule has 3 rings (SSSR count). The Labute approximate surface area is 171 Å². The van der Waals surface area contributed by atoms with Crippen molar-refractivity contribution in [2.75, 3.05) is 18.4 Å². The third-order valence-corrected chi connectivity index (χ3v) is 5.36. The average Bonchev–Trinajstić information content (AvgIpc) is 3.11. The lowest BCUT2D eigenvalue weighted by atomic mass is 10.1. The summed E-state index contributed by atoms with van der Waals surface area (Å²) in [5, 5.41) is 7.23. The number of benzene rings is 1. The molecule has 2 aromatic heterocycles. The molecule has 12 heteroatoms. The Hall–Kier alpha value is -2.99. The number of halogens is 3. The second-order valence-electron chi connectivity index (χ2n) is 6.44. The zero-order valence-electron chi connectivity index (χ0n) is 15.9. The van der Waals surface area contributed by atoms with Gasteiger partial charge in [-0.05, 0) is 30.7 Å². The van der Waals surface area contributed by atoms with Crippen molar-refractivity contribution in [3.8, 4) is 5.82 Å².